The van der Waals surface area contributed by atoms with Gasteiger partial charge in [-0.1, -0.05) is 0 Å². The number of nitrogens with zero attached hydrogens (tertiary/aromatic N) is 4. The van der Waals surface area contributed by atoms with Crippen molar-refractivity contribution >= 4 is 45.3 Å². The number of benzene rings is 1. The lowest BCUT2D eigenvalue weighted by atomic mass is 10.1. The minimum Gasteiger partial charge on any atom is -0.183 e. The number of aromatic nitrogens is 4. The topological polar surface area (TPSA) is 51.6 Å². The van der Waals surface area contributed by atoms with E-state index in [9.17, 15) is 0 Å². The van der Waals surface area contributed by atoms with Gasteiger partial charge < -0.3 is 0 Å². The maximum Gasteiger partial charge on any atom is 0.112 e. The third-order valence-corrected chi connectivity index (χ3v) is 4.23. The predicted molar refractivity (Wildman–Crippen MR) is 80.2 cm³/mol. The van der Waals surface area contributed by atoms with Crippen LogP contribution < -0.4 is 0 Å². The molecule has 0 saturated carbocycles. The van der Waals surface area contributed by atoms with Gasteiger partial charge in [-0.2, -0.15) is 17.5 Å². The molecule has 1 aromatic carbocycles. The van der Waals surface area contributed by atoms with Crippen LogP contribution in [0.2, 0.25) is 0 Å². The van der Waals surface area contributed by atoms with Crippen molar-refractivity contribution in [1.29, 1.82) is 0 Å². The zero-order valence-electron chi connectivity index (χ0n) is 10.8. The Morgan fingerprint density at radius 3 is 2.47 bits per heavy atom. The summed E-state index contributed by atoms with van der Waals surface area (Å²) >= 11 is 2.46. The average Bonchev–Trinajstić information content (AvgIpc) is 2.88. The first-order chi connectivity index (χ1) is 9.16. The fraction of sp³-hybridized carbons (Fsp3) is 0.231. The molecular formula is C13H12N4S2. The van der Waals surface area contributed by atoms with Gasteiger partial charge in [0.2, 0.25) is 0 Å². The van der Waals surface area contributed by atoms with Crippen LogP contribution in [0.3, 0.4) is 0 Å². The van der Waals surface area contributed by atoms with Crippen molar-refractivity contribution in [2.75, 3.05) is 0 Å². The minimum absolute atomic E-state index is 0.950. The van der Waals surface area contributed by atoms with E-state index < -0.39 is 0 Å². The molecule has 0 radical (unpaired) electrons. The first kappa shape index (κ1) is 12.4. The van der Waals surface area contributed by atoms with Crippen molar-refractivity contribution in [2.24, 2.45) is 0 Å². The van der Waals surface area contributed by atoms with E-state index in [2.05, 4.69) is 43.5 Å². The molecule has 0 fully saturated rings. The van der Waals surface area contributed by atoms with E-state index in [1.807, 2.05) is 13.1 Å². The molecule has 96 valence electrons. The maximum atomic E-state index is 4.43. The second-order valence-electron chi connectivity index (χ2n) is 4.48. The van der Waals surface area contributed by atoms with Crippen molar-refractivity contribution in [2.45, 2.75) is 20.8 Å². The predicted octanol–water partition coefficient (Wildman–Crippen LogP) is 3.75. The van der Waals surface area contributed by atoms with Gasteiger partial charge >= 0.3 is 0 Å². The molecule has 19 heavy (non-hydrogen) atoms. The van der Waals surface area contributed by atoms with Crippen LogP contribution in [0.1, 0.15) is 16.8 Å². The van der Waals surface area contributed by atoms with E-state index in [0.717, 1.165) is 38.6 Å². The van der Waals surface area contributed by atoms with Crippen LogP contribution in [-0.4, -0.2) is 17.5 Å². The summed E-state index contributed by atoms with van der Waals surface area (Å²) in [4.78, 5) is 0. The highest BCUT2D eigenvalue weighted by Gasteiger charge is 2.07. The Bertz CT molecular complexity index is 818. The standard InChI is InChI=1S/C13H12N4S2/c1-7-5-11-10(6-14-18-15-9(7)3)4-8(2)12-13(11)17-19-16-12/h4-6H,1-3H3. The van der Waals surface area contributed by atoms with Gasteiger partial charge in [-0.25, -0.2) is 0 Å². The van der Waals surface area contributed by atoms with Crippen molar-refractivity contribution in [1.82, 2.24) is 17.5 Å². The van der Waals surface area contributed by atoms with Gasteiger partial charge in [-0.3, -0.25) is 0 Å². The molecule has 0 saturated heterocycles. The fourth-order valence-corrected chi connectivity index (χ4v) is 3.05. The molecular weight excluding hydrogens is 276 g/mol. The molecule has 3 rings (SSSR count). The molecule has 2 heterocycles. The van der Waals surface area contributed by atoms with Crippen LogP contribution in [0, 0.1) is 20.8 Å². The third-order valence-electron chi connectivity index (χ3n) is 3.15. The molecule has 0 bridgehead atoms. The van der Waals surface area contributed by atoms with E-state index in [4.69, 9.17) is 0 Å². The normalized spacial score (nSPS) is 10.9. The highest BCUT2D eigenvalue weighted by atomic mass is 32.1. The highest BCUT2D eigenvalue weighted by molar-refractivity contribution is 7.00. The Morgan fingerprint density at radius 2 is 1.63 bits per heavy atom. The monoisotopic (exact) mass is 288 g/mol. The van der Waals surface area contributed by atoms with Gasteiger partial charge in [0.15, 0.2) is 0 Å². The second-order valence-corrected chi connectivity index (χ2v) is 5.56. The summed E-state index contributed by atoms with van der Waals surface area (Å²) in [6.07, 6.45) is 1.84. The van der Waals surface area contributed by atoms with E-state index in [1.165, 1.54) is 23.5 Å². The van der Waals surface area contributed by atoms with Crippen LogP contribution in [-0.2, 0) is 0 Å². The van der Waals surface area contributed by atoms with Crippen LogP contribution in [0.4, 0.5) is 0 Å². The lowest BCUT2D eigenvalue weighted by Crippen LogP contribution is -1.81. The molecule has 0 atom stereocenters. The number of hydrogen-bond acceptors (Lipinski definition) is 6. The maximum absolute atomic E-state index is 4.43. The van der Waals surface area contributed by atoms with Crippen LogP contribution in [0.15, 0.2) is 18.3 Å². The zero-order chi connectivity index (χ0) is 13.4. The van der Waals surface area contributed by atoms with Crippen molar-refractivity contribution in [3.8, 4) is 0 Å². The molecule has 0 amide bonds. The largest absolute Gasteiger partial charge is 0.183 e. The van der Waals surface area contributed by atoms with Crippen molar-refractivity contribution < 1.29 is 0 Å². The molecule has 4 nitrogen and oxygen atoms in total. The molecule has 0 aliphatic rings. The van der Waals surface area contributed by atoms with Gasteiger partial charge in [-0.05, 0) is 44.0 Å². The van der Waals surface area contributed by atoms with E-state index in [0.29, 0.717) is 0 Å². The first-order valence-electron chi connectivity index (χ1n) is 5.85. The number of hydrogen-bond donors (Lipinski definition) is 0. The van der Waals surface area contributed by atoms with E-state index in [-0.39, 0.29) is 0 Å². The van der Waals surface area contributed by atoms with Crippen LogP contribution in [0.5, 0.6) is 0 Å². The van der Waals surface area contributed by atoms with E-state index >= 15 is 0 Å². The third kappa shape index (κ3) is 2.17. The number of aryl methyl sites for hydroxylation is 3. The Kier molecular flexibility index (Phi) is 3.12. The Morgan fingerprint density at radius 1 is 0.842 bits per heavy atom. The summed E-state index contributed by atoms with van der Waals surface area (Å²) in [5, 5.41) is 2.14. The fourth-order valence-electron chi connectivity index (χ4n) is 1.96. The Labute approximate surface area is 119 Å². The number of rotatable bonds is 0. The van der Waals surface area contributed by atoms with Crippen molar-refractivity contribution in [3.05, 3.63) is 35.2 Å². The molecule has 0 spiro atoms. The van der Waals surface area contributed by atoms with E-state index in [1.54, 1.807) is 0 Å². The molecule has 0 aliphatic heterocycles. The lowest BCUT2D eigenvalue weighted by Gasteiger charge is -1.99. The summed E-state index contributed by atoms with van der Waals surface area (Å²) in [5.74, 6) is 0. The summed E-state index contributed by atoms with van der Waals surface area (Å²) in [5.41, 5.74) is 5.15. The van der Waals surface area contributed by atoms with Gasteiger partial charge in [0.25, 0.3) is 0 Å². The average molecular weight is 288 g/mol. The zero-order valence-corrected chi connectivity index (χ0v) is 12.5. The summed E-state index contributed by atoms with van der Waals surface area (Å²) in [6, 6.07) is 4.22. The molecule has 2 aromatic heterocycles. The Balaban J connectivity index is 2.60. The number of fused-ring (bicyclic) bond motifs is 3. The van der Waals surface area contributed by atoms with Gasteiger partial charge in [-0.15, -0.1) is 0 Å². The van der Waals surface area contributed by atoms with Gasteiger partial charge in [0, 0.05) is 17.0 Å². The second kappa shape index (κ2) is 4.79. The van der Waals surface area contributed by atoms with Crippen LogP contribution >= 0.6 is 23.5 Å². The SMILES string of the molecule is Cc1cc2c(cnsnc1C)cc(C)c1nsnc12. The lowest BCUT2D eigenvalue weighted by molar-refractivity contribution is 1.25. The van der Waals surface area contributed by atoms with Gasteiger partial charge in [0.05, 0.1) is 29.2 Å². The quantitative estimate of drug-likeness (QED) is 0.632. The molecule has 6 heteroatoms. The molecule has 0 aliphatic carbocycles. The minimum atomic E-state index is 0.950. The smallest absolute Gasteiger partial charge is 0.112 e. The molecule has 0 unspecified atom stereocenters. The summed E-state index contributed by atoms with van der Waals surface area (Å²) in [7, 11) is 0. The van der Waals surface area contributed by atoms with Gasteiger partial charge in [0.1, 0.15) is 11.0 Å². The summed E-state index contributed by atoms with van der Waals surface area (Å²) in [6.45, 7) is 6.10. The van der Waals surface area contributed by atoms with Crippen LogP contribution in [0.25, 0.3) is 21.8 Å². The van der Waals surface area contributed by atoms with Crippen molar-refractivity contribution in [3.63, 3.8) is 0 Å². The molecule has 0 N–H and O–H groups in total. The molecule has 3 aromatic rings. The Hall–Kier alpha value is -1.66. The highest BCUT2D eigenvalue weighted by Crippen LogP contribution is 2.26. The summed E-state index contributed by atoms with van der Waals surface area (Å²) < 4.78 is 17.4. The first-order valence-corrected chi connectivity index (χ1v) is 7.31.